The van der Waals surface area contributed by atoms with Gasteiger partial charge in [0.15, 0.2) is 0 Å². The molecular weight excluding hydrogens is 162 g/mol. The van der Waals surface area contributed by atoms with Crippen molar-refractivity contribution in [2.75, 3.05) is 6.26 Å². The highest BCUT2D eigenvalue weighted by Gasteiger charge is 2.04. The normalized spacial score (nSPS) is 12.8. The summed E-state index contributed by atoms with van der Waals surface area (Å²) in [6.45, 7) is 4.16. The summed E-state index contributed by atoms with van der Waals surface area (Å²) in [5.41, 5.74) is 0. The molecule has 0 bridgehead atoms. The van der Waals surface area contributed by atoms with Gasteiger partial charge in [-0.25, -0.2) is 0 Å². The van der Waals surface area contributed by atoms with Gasteiger partial charge in [0, 0.05) is 12.8 Å². The maximum Gasteiger partial charge on any atom is 0.221 e. The van der Waals surface area contributed by atoms with Gasteiger partial charge in [-0.05, 0) is 0 Å². The van der Waals surface area contributed by atoms with Crippen molar-refractivity contribution in [2.24, 2.45) is 0 Å². The molecule has 1 heterocycles. The second kappa shape index (κ2) is 3.43. The highest BCUT2D eigenvalue weighted by Crippen LogP contribution is 1.98. The van der Waals surface area contributed by atoms with Crippen LogP contribution in [0, 0.1) is 0 Å². The Balaban J connectivity index is 2.95. The summed E-state index contributed by atoms with van der Waals surface area (Å²) in [5, 5.41) is 7.82. The third-order valence-electron chi connectivity index (χ3n) is 1.16. The second-order valence-electron chi connectivity index (χ2n) is 2.01. The van der Waals surface area contributed by atoms with Gasteiger partial charge in [-0.3, -0.25) is 4.21 Å². The summed E-state index contributed by atoms with van der Waals surface area (Å²) in [4.78, 5) is 0. The average Bonchev–Trinajstić information content (AvgIpc) is 2.36. The Hall–Kier alpha value is -0.970. The zero-order valence-electron chi connectivity index (χ0n) is 6.23. The Kier molecular flexibility index (Phi) is 2.53. The molecule has 0 fully saturated rings. The van der Waals surface area contributed by atoms with Crippen LogP contribution in [0.25, 0.3) is 0 Å². The molecule has 1 rings (SSSR count). The lowest BCUT2D eigenvalue weighted by Crippen LogP contribution is -2.02. The first-order valence-corrected chi connectivity index (χ1v) is 4.63. The molecule has 60 valence electrons. The van der Waals surface area contributed by atoms with E-state index in [0.29, 0.717) is 11.7 Å². The maximum absolute atomic E-state index is 11.0. The molecule has 0 aliphatic rings. The Bertz CT molecular complexity index is 281. The standard InChI is InChI=1S/C6H9N3OS/c1-3-4-9-5-7-8-6(9)11(2)10/h3,5H,1,4H2,2H3. The van der Waals surface area contributed by atoms with E-state index in [9.17, 15) is 4.21 Å². The summed E-state index contributed by atoms with van der Waals surface area (Å²) in [6, 6.07) is 0. The van der Waals surface area contributed by atoms with E-state index in [1.54, 1.807) is 23.2 Å². The van der Waals surface area contributed by atoms with Crippen molar-refractivity contribution in [3.05, 3.63) is 19.0 Å². The minimum absolute atomic E-state index is 0.491. The first kappa shape index (κ1) is 8.13. The van der Waals surface area contributed by atoms with Crippen LogP contribution >= 0.6 is 0 Å². The van der Waals surface area contributed by atoms with E-state index in [-0.39, 0.29) is 0 Å². The lowest BCUT2D eigenvalue weighted by molar-refractivity contribution is 0.658. The fourth-order valence-electron chi connectivity index (χ4n) is 0.731. The smallest absolute Gasteiger partial charge is 0.221 e. The highest BCUT2D eigenvalue weighted by atomic mass is 32.2. The first-order valence-electron chi connectivity index (χ1n) is 3.08. The molecule has 0 aliphatic carbocycles. The molecule has 0 saturated carbocycles. The van der Waals surface area contributed by atoms with E-state index in [0.717, 1.165) is 0 Å². The van der Waals surface area contributed by atoms with Crippen LogP contribution in [-0.2, 0) is 17.3 Å². The van der Waals surface area contributed by atoms with Crippen molar-refractivity contribution in [3.8, 4) is 0 Å². The number of hydrogen-bond acceptors (Lipinski definition) is 3. The van der Waals surface area contributed by atoms with Crippen molar-refractivity contribution in [1.82, 2.24) is 14.8 Å². The van der Waals surface area contributed by atoms with Crippen LogP contribution in [0.1, 0.15) is 0 Å². The molecule has 5 heteroatoms. The van der Waals surface area contributed by atoms with E-state index in [1.807, 2.05) is 0 Å². The zero-order chi connectivity index (χ0) is 8.27. The van der Waals surface area contributed by atoms with E-state index >= 15 is 0 Å². The fraction of sp³-hybridized carbons (Fsp3) is 0.333. The molecule has 0 aromatic carbocycles. The minimum Gasteiger partial charge on any atom is -0.303 e. The Morgan fingerprint density at radius 2 is 2.64 bits per heavy atom. The molecule has 1 unspecified atom stereocenters. The van der Waals surface area contributed by atoms with Gasteiger partial charge in [0.1, 0.15) is 6.33 Å². The molecule has 0 amide bonds. The van der Waals surface area contributed by atoms with Gasteiger partial charge in [0.05, 0.1) is 10.8 Å². The van der Waals surface area contributed by atoms with Crippen LogP contribution in [0.5, 0.6) is 0 Å². The summed E-state index contributed by atoms with van der Waals surface area (Å²) in [5.74, 6) is 0. The topological polar surface area (TPSA) is 47.8 Å². The maximum atomic E-state index is 11.0. The van der Waals surface area contributed by atoms with Crippen LogP contribution in [0.3, 0.4) is 0 Å². The van der Waals surface area contributed by atoms with Gasteiger partial charge < -0.3 is 4.57 Å². The minimum atomic E-state index is -1.07. The summed E-state index contributed by atoms with van der Waals surface area (Å²) in [7, 11) is -1.07. The molecule has 11 heavy (non-hydrogen) atoms. The van der Waals surface area contributed by atoms with Crippen molar-refractivity contribution in [3.63, 3.8) is 0 Å². The van der Waals surface area contributed by atoms with Gasteiger partial charge in [-0.2, -0.15) is 0 Å². The molecule has 0 radical (unpaired) electrons. The van der Waals surface area contributed by atoms with E-state index in [4.69, 9.17) is 0 Å². The molecule has 0 aliphatic heterocycles. The van der Waals surface area contributed by atoms with Crippen molar-refractivity contribution in [2.45, 2.75) is 11.7 Å². The van der Waals surface area contributed by atoms with Gasteiger partial charge in [0.25, 0.3) is 0 Å². The number of aromatic nitrogens is 3. The third-order valence-corrected chi connectivity index (χ3v) is 1.99. The average molecular weight is 171 g/mol. The zero-order valence-corrected chi connectivity index (χ0v) is 7.04. The van der Waals surface area contributed by atoms with Crippen LogP contribution in [-0.4, -0.2) is 25.2 Å². The molecule has 1 aromatic rings. The van der Waals surface area contributed by atoms with Crippen molar-refractivity contribution < 1.29 is 4.21 Å². The van der Waals surface area contributed by atoms with Crippen molar-refractivity contribution >= 4 is 10.8 Å². The van der Waals surface area contributed by atoms with Crippen LogP contribution < -0.4 is 0 Å². The third kappa shape index (κ3) is 1.74. The summed E-state index contributed by atoms with van der Waals surface area (Å²) >= 11 is 0. The molecule has 4 nitrogen and oxygen atoms in total. The van der Waals surface area contributed by atoms with E-state index < -0.39 is 10.8 Å². The fourth-order valence-corrected chi connectivity index (χ4v) is 1.35. The number of hydrogen-bond donors (Lipinski definition) is 0. The lowest BCUT2D eigenvalue weighted by atomic mass is 10.6. The quantitative estimate of drug-likeness (QED) is 0.610. The highest BCUT2D eigenvalue weighted by molar-refractivity contribution is 7.84. The first-order chi connectivity index (χ1) is 5.25. The lowest BCUT2D eigenvalue weighted by Gasteiger charge is -1.97. The SMILES string of the molecule is C=CCn1cnnc1S(C)=O. The second-order valence-corrected chi connectivity index (χ2v) is 3.28. The number of nitrogens with zero attached hydrogens (tertiary/aromatic N) is 3. The molecule has 0 spiro atoms. The van der Waals surface area contributed by atoms with E-state index in [2.05, 4.69) is 16.8 Å². The largest absolute Gasteiger partial charge is 0.303 e. The summed E-state index contributed by atoms with van der Waals surface area (Å²) in [6.07, 6.45) is 4.82. The Morgan fingerprint density at radius 1 is 1.91 bits per heavy atom. The van der Waals surface area contributed by atoms with Crippen molar-refractivity contribution in [1.29, 1.82) is 0 Å². The van der Waals surface area contributed by atoms with Gasteiger partial charge >= 0.3 is 0 Å². The van der Waals surface area contributed by atoms with Crippen LogP contribution in [0.2, 0.25) is 0 Å². The number of rotatable bonds is 3. The molecule has 1 atom stereocenters. The predicted molar refractivity (Wildman–Crippen MR) is 42.6 cm³/mol. The predicted octanol–water partition coefficient (Wildman–Crippen LogP) is 0.202. The van der Waals surface area contributed by atoms with Crippen LogP contribution in [0.15, 0.2) is 24.1 Å². The molecule has 0 saturated heterocycles. The molecular formula is C6H9N3OS. The molecule has 0 N–H and O–H groups in total. The Labute approximate surface area is 67.4 Å². The van der Waals surface area contributed by atoms with Gasteiger partial charge in [-0.1, -0.05) is 6.08 Å². The monoisotopic (exact) mass is 171 g/mol. The molecule has 1 aromatic heterocycles. The summed E-state index contributed by atoms with van der Waals surface area (Å²) < 4.78 is 12.7. The number of allylic oxidation sites excluding steroid dienone is 1. The van der Waals surface area contributed by atoms with E-state index in [1.165, 1.54) is 0 Å². The Morgan fingerprint density at radius 3 is 3.18 bits per heavy atom. The van der Waals surface area contributed by atoms with Gasteiger partial charge in [-0.15, -0.1) is 16.8 Å². The van der Waals surface area contributed by atoms with Crippen LogP contribution in [0.4, 0.5) is 0 Å². The van der Waals surface area contributed by atoms with Gasteiger partial charge in [0.2, 0.25) is 5.16 Å².